The van der Waals surface area contributed by atoms with E-state index in [2.05, 4.69) is 11.2 Å². The van der Waals surface area contributed by atoms with Crippen LogP contribution in [0.5, 0.6) is 0 Å². The first-order valence-corrected chi connectivity index (χ1v) is 6.55. The monoisotopic (exact) mass is 277 g/mol. The van der Waals surface area contributed by atoms with Crippen LogP contribution in [-0.2, 0) is 0 Å². The average molecular weight is 277 g/mol. The van der Waals surface area contributed by atoms with E-state index < -0.39 is 0 Å². The number of carbonyl (C=O) groups is 2. The van der Waals surface area contributed by atoms with Crippen LogP contribution in [0.4, 0.5) is 0 Å². The van der Waals surface area contributed by atoms with Gasteiger partial charge in [-0.1, -0.05) is 53.9 Å². The molecule has 0 atom stereocenters. The quantitative estimate of drug-likeness (QED) is 0.689. The Morgan fingerprint density at radius 1 is 1.05 bits per heavy atom. The summed E-state index contributed by atoms with van der Waals surface area (Å²) in [5.74, 6) is 1.82. The van der Waals surface area contributed by atoms with E-state index in [1.54, 1.807) is 36.4 Å². The molecule has 0 saturated heterocycles. The predicted octanol–water partition coefficient (Wildman–Crippen LogP) is 2.59. The largest absolute Gasteiger partial charge is 0.341 e. The lowest BCUT2D eigenvalue weighted by Crippen LogP contribution is -2.25. The lowest BCUT2D eigenvalue weighted by atomic mass is 9.97. The van der Waals surface area contributed by atoms with Crippen LogP contribution in [0, 0.1) is 19.3 Å². The molecule has 21 heavy (non-hydrogen) atoms. The minimum absolute atomic E-state index is 0.131. The Morgan fingerprint density at radius 2 is 1.67 bits per heavy atom. The van der Waals surface area contributed by atoms with Crippen LogP contribution < -0.4 is 5.32 Å². The Hall–Kier alpha value is -2.86. The normalized spacial score (nSPS) is 9.71. The van der Waals surface area contributed by atoms with Crippen molar-refractivity contribution in [2.45, 2.75) is 6.92 Å². The minimum atomic E-state index is -0.344. The van der Waals surface area contributed by atoms with Gasteiger partial charge in [-0.05, 0) is 13.0 Å². The van der Waals surface area contributed by atoms with Gasteiger partial charge in [-0.15, -0.1) is 6.42 Å². The molecule has 0 aliphatic heterocycles. The number of rotatable bonds is 4. The molecular weight excluding hydrogens is 262 g/mol. The number of nitrogens with one attached hydrogen (secondary N) is 1. The summed E-state index contributed by atoms with van der Waals surface area (Å²) in [5, 5.41) is 2.58. The van der Waals surface area contributed by atoms with Crippen molar-refractivity contribution >= 4 is 11.7 Å². The van der Waals surface area contributed by atoms with Crippen LogP contribution in [0.3, 0.4) is 0 Å². The molecule has 0 saturated carbocycles. The molecule has 0 bridgehead atoms. The van der Waals surface area contributed by atoms with Gasteiger partial charge in [0, 0.05) is 11.1 Å². The molecule has 104 valence electrons. The van der Waals surface area contributed by atoms with Gasteiger partial charge in [0.15, 0.2) is 5.78 Å². The maximum absolute atomic E-state index is 12.5. The first kappa shape index (κ1) is 14.5. The number of carbonyl (C=O) groups excluding carboxylic acids is 2. The Bertz CT molecular complexity index is 709. The van der Waals surface area contributed by atoms with Crippen molar-refractivity contribution in [1.82, 2.24) is 5.32 Å². The molecule has 1 amide bonds. The molecule has 0 heterocycles. The molecule has 2 aromatic carbocycles. The number of hydrogen-bond acceptors (Lipinski definition) is 2. The highest BCUT2D eigenvalue weighted by atomic mass is 16.2. The second-order valence-electron chi connectivity index (χ2n) is 4.63. The number of amides is 1. The molecule has 0 aromatic heterocycles. The average Bonchev–Trinajstić information content (AvgIpc) is 2.52. The molecule has 0 aliphatic rings. The van der Waals surface area contributed by atoms with Gasteiger partial charge in [-0.25, -0.2) is 0 Å². The summed E-state index contributed by atoms with van der Waals surface area (Å²) in [6, 6.07) is 14.0. The summed E-state index contributed by atoms with van der Waals surface area (Å²) in [4.78, 5) is 24.6. The number of aryl methyl sites for hydroxylation is 1. The van der Waals surface area contributed by atoms with Crippen LogP contribution in [-0.4, -0.2) is 18.2 Å². The van der Waals surface area contributed by atoms with E-state index in [-0.39, 0.29) is 18.2 Å². The highest BCUT2D eigenvalue weighted by Crippen LogP contribution is 2.15. The predicted molar refractivity (Wildman–Crippen MR) is 82.2 cm³/mol. The van der Waals surface area contributed by atoms with E-state index in [0.717, 1.165) is 5.56 Å². The summed E-state index contributed by atoms with van der Waals surface area (Å²) < 4.78 is 0. The molecule has 2 aromatic rings. The third kappa shape index (κ3) is 3.37. The molecule has 0 aliphatic carbocycles. The van der Waals surface area contributed by atoms with Gasteiger partial charge in [0.2, 0.25) is 0 Å². The molecule has 3 nitrogen and oxygen atoms in total. The van der Waals surface area contributed by atoms with E-state index in [0.29, 0.717) is 16.7 Å². The zero-order valence-corrected chi connectivity index (χ0v) is 11.7. The van der Waals surface area contributed by atoms with Crippen molar-refractivity contribution in [3.05, 3.63) is 70.8 Å². The van der Waals surface area contributed by atoms with Gasteiger partial charge in [-0.3, -0.25) is 9.59 Å². The molecule has 0 spiro atoms. The van der Waals surface area contributed by atoms with Crippen molar-refractivity contribution < 1.29 is 9.59 Å². The first-order chi connectivity index (χ1) is 10.1. The van der Waals surface area contributed by atoms with Crippen LogP contribution in [0.15, 0.2) is 48.5 Å². The third-order valence-electron chi connectivity index (χ3n) is 3.08. The number of hydrogen-bond donors (Lipinski definition) is 1. The summed E-state index contributed by atoms with van der Waals surface area (Å²) in [6.45, 7) is 2.08. The second kappa shape index (κ2) is 6.53. The van der Waals surface area contributed by atoms with Crippen molar-refractivity contribution in [1.29, 1.82) is 0 Å². The van der Waals surface area contributed by atoms with Gasteiger partial charge >= 0.3 is 0 Å². The smallest absolute Gasteiger partial charge is 0.252 e. The van der Waals surface area contributed by atoms with Gasteiger partial charge in [0.05, 0.1) is 12.1 Å². The molecule has 0 unspecified atom stereocenters. The highest BCUT2D eigenvalue weighted by Gasteiger charge is 2.17. The van der Waals surface area contributed by atoms with Crippen LogP contribution >= 0.6 is 0 Å². The zero-order valence-electron chi connectivity index (χ0n) is 11.7. The first-order valence-electron chi connectivity index (χ1n) is 6.55. The fourth-order valence-electron chi connectivity index (χ4n) is 1.97. The van der Waals surface area contributed by atoms with Crippen molar-refractivity contribution in [2.75, 3.05) is 6.54 Å². The van der Waals surface area contributed by atoms with Gasteiger partial charge < -0.3 is 5.32 Å². The molecule has 3 heteroatoms. The van der Waals surface area contributed by atoms with Gasteiger partial charge in [0.1, 0.15) is 0 Å². The fraction of sp³-hybridized carbons (Fsp3) is 0.111. The molecule has 0 fully saturated rings. The maximum atomic E-state index is 12.5. The Labute approximate surface area is 124 Å². The standard InChI is InChI=1S/C18H15NO2/c1-3-12-19-18(21)16-7-5-4-6-15(16)17(20)14-10-8-13(2)9-11-14/h1,4-11H,12H2,2H3,(H,19,21). The molecular formula is C18H15NO2. The Kier molecular flexibility index (Phi) is 4.53. The highest BCUT2D eigenvalue weighted by molar-refractivity contribution is 6.15. The number of ketones is 1. The van der Waals surface area contributed by atoms with Crippen molar-refractivity contribution in [2.24, 2.45) is 0 Å². The lowest BCUT2D eigenvalue weighted by Gasteiger charge is -2.08. The second-order valence-corrected chi connectivity index (χ2v) is 4.63. The maximum Gasteiger partial charge on any atom is 0.252 e. The summed E-state index contributed by atoms with van der Waals surface area (Å²) in [5.41, 5.74) is 2.33. The molecule has 2 rings (SSSR count). The van der Waals surface area contributed by atoms with Gasteiger partial charge in [0.25, 0.3) is 5.91 Å². The minimum Gasteiger partial charge on any atom is -0.341 e. The lowest BCUT2D eigenvalue weighted by molar-refractivity contribution is 0.0946. The van der Waals surface area contributed by atoms with Crippen LogP contribution in [0.2, 0.25) is 0 Å². The van der Waals surface area contributed by atoms with E-state index in [1.165, 1.54) is 0 Å². The fourth-order valence-corrected chi connectivity index (χ4v) is 1.97. The summed E-state index contributed by atoms with van der Waals surface area (Å²) in [6.07, 6.45) is 5.13. The SMILES string of the molecule is C#CCNC(=O)c1ccccc1C(=O)c1ccc(C)cc1. The van der Waals surface area contributed by atoms with Crippen molar-refractivity contribution in [3.63, 3.8) is 0 Å². The molecule has 1 N–H and O–H groups in total. The molecule has 0 radical (unpaired) electrons. The van der Waals surface area contributed by atoms with Crippen LogP contribution in [0.25, 0.3) is 0 Å². The van der Waals surface area contributed by atoms with E-state index in [1.807, 2.05) is 19.1 Å². The van der Waals surface area contributed by atoms with Crippen LogP contribution in [0.1, 0.15) is 31.8 Å². The Morgan fingerprint density at radius 3 is 2.29 bits per heavy atom. The Balaban J connectivity index is 2.36. The number of benzene rings is 2. The summed E-state index contributed by atoms with van der Waals surface area (Å²) in [7, 11) is 0. The number of terminal acetylenes is 1. The topological polar surface area (TPSA) is 46.2 Å². The third-order valence-corrected chi connectivity index (χ3v) is 3.08. The van der Waals surface area contributed by atoms with Crippen molar-refractivity contribution in [3.8, 4) is 12.3 Å². The van der Waals surface area contributed by atoms with E-state index >= 15 is 0 Å². The van der Waals surface area contributed by atoms with E-state index in [4.69, 9.17) is 6.42 Å². The van der Waals surface area contributed by atoms with Gasteiger partial charge in [-0.2, -0.15) is 0 Å². The summed E-state index contributed by atoms with van der Waals surface area (Å²) >= 11 is 0. The zero-order chi connectivity index (χ0) is 15.2. The van der Waals surface area contributed by atoms with E-state index in [9.17, 15) is 9.59 Å².